The summed E-state index contributed by atoms with van der Waals surface area (Å²) >= 11 is 1.53. The molecule has 1 aliphatic rings. The van der Waals surface area contributed by atoms with Crippen LogP contribution in [0.25, 0.3) is 0 Å². The first-order valence-corrected chi connectivity index (χ1v) is 7.47. The summed E-state index contributed by atoms with van der Waals surface area (Å²) in [6.45, 7) is 6.32. The monoisotopic (exact) mass is 252 g/mol. The van der Waals surface area contributed by atoms with Gasteiger partial charge in [0.05, 0.1) is 6.10 Å². The third-order valence-corrected chi connectivity index (χ3v) is 3.74. The Labute approximate surface area is 110 Å². The van der Waals surface area contributed by atoms with Gasteiger partial charge in [-0.25, -0.2) is 0 Å². The fraction of sp³-hybridized carbons (Fsp3) is 0.600. The van der Waals surface area contributed by atoms with Crippen LogP contribution in [0, 0.1) is 5.92 Å². The molecular formula is C15H24OS. The Bertz CT molecular complexity index is 286. The molecule has 0 N–H and O–H groups in total. The molecule has 0 amide bonds. The zero-order chi connectivity index (χ0) is 12.5. The molecule has 1 nitrogen and oxygen atoms in total. The molecule has 1 aromatic carbocycles. The quantitative estimate of drug-likeness (QED) is 0.674. The van der Waals surface area contributed by atoms with Crippen LogP contribution in [0.1, 0.15) is 46.5 Å². The van der Waals surface area contributed by atoms with Gasteiger partial charge in [-0.15, -0.1) is 0 Å². The predicted molar refractivity (Wildman–Crippen MR) is 76.2 cm³/mol. The molecule has 1 aromatic rings. The second-order valence-electron chi connectivity index (χ2n) is 4.39. The minimum atomic E-state index is 0.457. The fourth-order valence-corrected chi connectivity index (χ4v) is 2.76. The Kier molecular flexibility index (Phi) is 7.38. The molecule has 1 aliphatic carbocycles. The summed E-state index contributed by atoms with van der Waals surface area (Å²) in [5, 5.41) is 0. The lowest BCUT2D eigenvalue weighted by Gasteiger charge is -2.25. The molecule has 0 radical (unpaired) electrons. The van der Waals surface area contributed by atoms with Crippen molar-refractivity contribution in [3.8, 4) is 0 Å². The van der Waals surface area contributed by atoms with Crippen LogP contribution in [-0.2, 0) is 4.18 Å². The van der Waals surface area contributed by atoms with E-state index in [1.54, 1.807) is 0 Å². The minimum absolute atomic E-state index is 0.457. The maximum atomic E-state index is 5.86. The van der Waals surface area contributed by atoms with Gasteiger partial charge in [-0.3, -0.25) is 0 Å². The lowest BCUT2D eigenvalue weighted by Crippen LogP contribution is -2.18. The molecule has 2 atom stereocenters. The first-order chi connectivity index (χ1) is 8.34. The highest BCUT2D eigenvalue weighted by molar-refractivity contribution is 7.94. The maximum absolute atomic E-state index is 5.86. The van der Waals surface area contributed by atoms with Crippen molar-refractivity contribution in [1.29, 1.82) is 0 Å². The second-order valence-corrected chi connectivity index (χ2v) is 5.22. The molecule has 2 rings (SSSR count). The standard InChI is InChI=1S/C13H18OS.C2H6/c1-11-6-5-7-12(10-11)14-15-13-8-3-2-4-9-13;1-2/h2-4,8-9,11-12H,5-7,10H2,1H3;1-2H3. The third-order valence-electron chi connectivity index (χ3n) is 2.91. The normalized spacial score (nSPS) is 23.7. The van der Waals surface area contributed by atoms with E-state index in [9.17, 15) is 0 Å². The molecule has 17 heavy (non-hydrogen) atoms. The molecule has 0 saturated heterocycles. The average Bonchev–Trinajstić information content (AvgIpc) is 2.40. The van der Waals surface area contributed by atoms with E-state index in [0.29, 0.717) is 6.10 Å². The maximum Gasteiger partial charge on any atom is 0.0729 e. The number of rotatable bonds is 3. The van der Waals surface area contributed by atoms with Crippen molar-refractivity contribution >= 4 is 12.0 Å². The van der Waals surface area contributed by atoms with E-state index in [1.807, 2.05) is 19.9 Å². The van der Waals surface area contributed by atoms with Crippen LogP contribution in [0.15, 0.2) is 35.2 Å². The fourth-order valence-electron chi connectivity index (χ4n) is 2.07. The van der Waals surface area contributed by atoms with Crippen LogP contribution in [0.2, 0.25) is 0 Å². The van der Waals surface area contributed by atoms with Gasteiger partial charge >= 0.3 is 0 Å². The SMILES string of the molecule is CC.CC1CCCC(OSc2ccccc2)C1. The minimum Gasteiger partial charge on any atom is -0.307 e. The molecule has 0 heterocycles. The third kappa shape index (κ3) is 5.60. The van der Waals surface area contributed by atoms with Gasteiger partial charge in [-0.05, 0) is 30.9 Å². The highest BCUT2D eigenvalue weighted by atomic mass is 32.2. The van der Waals surface area contributed by atoms with Gasteiger partial charge in [0.1, 0.15) is 0 Å². The van der Waals surface area contributed by atoms with Crippen LogP contribution < -0.4 is 0 Å². The van der Waals surface area contributed by atoms with Crippen molar-refractivity contribution in [1.82, 2.24) is 0 Å². The molecule has 2 heteroatoms. The highest BCUT2D eigenvalue weighted by Crippen LogP contribution is 2.30. The lowest BCUT2D eigenvalue weighted by molar-refractivity contribution is 0.154. The molecule has 0 spiro atoms. The van der Waals surface area contributed by atoms with Crippen LogP contribution >= 0.6 is 12.0 Å². The Morgan fingerprint density at radius 1 is 1.12 bits per heavy atom. The predicted octanol–water partition coefficient (Wildman–Crippen LogP) is 5.32. The summed E-state index contributed by atoms with van der Waals surface area (Å²) in [6, 6.07) is 10.3. The van der Waals surface area contributed by atoms with Crippen molar-refractivity contribution in [3.63, 3.8) is 0 Å². The summed E-state index contributed by atoms with van der Waals surface area (Å²) in [7, 11) is 0. The Morgan fingerprint density at radius 3 is 2.47 bits per heavy atom. The van der Waals surface area contributed by atoms with E-state index >= 15 is 0 Å². The van der Waals surface area contributed by atoms with E-state index in [4.69, 9.17) is 4.18 Å². The van der Waals surface area contributed by atoms with E-state index in [-0.39, 0.29) is 0 Å². The smallest absolute Gasteiger partial charge is 0.0729 e. The summed E-state index contributed by atoms with van der Waals surface area (Å²) < 4.78 is 5.86. The molecule has 2 unspecified atom stereocenters. The lowest BCUT2D eigenvalue weighted by atomic mass is 9.89. The van der Waals surface area contributed by atoms with Gasteiger partial charge in [0.15, 0.2) is 0 Å². The molecule has 96 valence electrons. The van der Waals surface area contributed by atoms with Crippen LogP contribution in [0.4, 0.5) is 0 Å². The van der Waals surface area contributed by atoms with Crippen molar-refractivity contribution in [3.05, 3.63) is 30.3 Å². The summed E-state index contributed by atoms with van der Waals surface area (Å²) in [4.78, 5) is 1.20. The first-order valence-electron chi connectivity index (χ1n) is 6.73. The van der Waals surface area contributed by atoms with Crippen molar-refractivity contribution in [2.45, 2.75) is 57.5 Å². The second kappa shape index (κ2) is 8.60. The van der Waals surface area contributed by atoms with E-state index < -0.39 is 0 Å². The molecule has 0 aromatic heterocycles. The van der Waals surface area contributed by atoms with E-state index in [1.165, 1.54) is 42.6 Å². The van der Waals surface area contributed by atoms with Gasteiger partial charge in [-0.1, -0.05) is 51.8 Å². The topological polar surface area (TPSA) is 9.23 Å². The molecule has 0 aliphatic heterocycles. The van der Waals surface area contributed by atoms with E-state index in [2.05, 4.69) is 31.2 Å². The summed E-state index contributed by atoms with van der Waals surface area (Å²) in [5.41, 5.74) is 0. The van der Waals surface area contributed by atoms with Gasteiger partial charge in [0, 0.05) is 16.9 Å². The van der Waals surface area contributed by atoms with Crippen molar-refractivity contribution < 1.29 is 4.18 Å². The molecular weight excluding hydrogens is 228 g/mol. The first kappa shape index (κ1) is 14.6. The largest absolute Gasteiger partial charge is 0.307 e. The van der Waals surface area contributed by atoms with Crippen molar-refractivity contribution in [2.24, 2.45) is 5.92 Å². The number of hydrogen-bond donors (Lipinski definition) is 0. The van der Waals surface area contributed by atoms with Gasteiger partial charge in [-0.2, -0.15) is 0 Å². The Balaban J connectivity index is 0.000000686. The van der Waals surface area contributed by atoms with E-state index in [0.717, 1.165) is 5.92 Å². The summed E-state index contributed by atoms with van der Waals surface area (Å²) in [5.74, 6) is 0.833. The van der Waals surface area contributed by atoms with Crippen LogP contribution in [-0.4, -0.2) is 6.10 Å². The number of hydrogen-bond acceptors (Lipinski definition) is 2. The molecule has 0 bridgehead atoms. The number of benzene rings is 1. The van der Waals surface area contributed by atoms with Gasteiger partial charge in [0.25, 0.3) is 0 Å². The Morgan fingerprint density at radius 2 is 1.82 bits per heavy atom. The zero-order valence-corrected chi connectivity index (χ0v) is 12.0. The van der Waals surface area contributed by atoms with Gasteiger partial charge < -0.3 is 4.18 Å². The van der Waals surface area contributed by atoms with Crippen LogP contribution in [0.5, 0.6) is 0 Å². The van der Waals surface area contributed by atoms with Crippen LogP contribution in [0.3, 0.4) is 0 Å². The Hall–Kier alpha value is -0.470. The molecule has 1 saturated carbocycles. The summed E-state index contributed by atoms with van der Waals surface area (Å²) in [6.07, 6.45) is 5.60. The highest BCUT2D eigenvalue weighted by Gasteiger charge is 2.19. The average molecular weight is 252 g/mol. The zero-order valence-electron chi connectivity index (χ0n) is 11.2. The molecule has 1 fully saturated rings. The van der Waals surface area contributed by atoms with Gasteiger partial charge in [0.2, 0.25) is 0 Å². The van der Waals surface area contributed by atoms with Crippen molar-refractivity contribution in [2.75, 3.05) is 0 Å².